The topological polar surface area (TPSA) is 62.1 Å². The van der Waals surface area contributed by atoms with E-state index in [1.165, 1.54) is 0 Å². The summed E-state index contributed by atoms with van der Waals surface area (Å²) in [6.45, 7) is 9.25. The third-order valence-electron chi connectivity index (χ3n) is 2.62. The summed E-state index contributed by atoms with van der Waals surface area (Å²) < 4.78 is 5.19. The first kappa shape index (κ1) is 14.7. The molecule has 0 fully saturated rings. The largest absolute Gasteiger partial charge is 0.365 e. The first-order valence-electron chi connectivity index (χ1n) is 5.51. The second-order valence-corrected chi connectivity index (χ2v) is 3.65. The minimum Gasteiger partial charge on any atom is -0.365 e. The minimum atomic E-state index is -0.775. The van der Waals surface area contributed by atoms with Crippen LogP contribution in [0.2, 0.25) is 0 Å². The number of carbonyl (C=O) groups is 1. The molecule has 1 atom stereocenters. The van der Waals surface area contributed by atoms with Gasteiger partial charge in [-0.2, -0.15) is 5.26 Å². The lowest BCUT2D eigenvalue weighted by Gasteiger charge is -2.26. The highest BCUT2D eigenvalue weighted by Crippen LogP contribution is 2.14. The quantitative estimate of drug-likeness (QED) is 0.670. The Morgan fingerprint density at radius 2 is 2.19 bits per heavy atom. The normalized spacial score (nSPS) is 12.6. The summed E-state index contributed by atoms with van der Waals surface area (Å²) in [5, 5.41) is 11.8. The van der Waals surface area contributed by atoms with E-state index >= 15 is 0 Å². The van der Waals surface area contributed by atoms with E-state index in [9.17, 15) is 4.79 Å². The van der Waals surface area contributed by atoms with E-state index in [4.69, 9.17) is 10.00 Å². The van der Waals surface area contributed by atoms with E-state index in [0.717, 1.165) is 0 Å². The molecule has 0 heterocycles. The molecule has 90 valence electrons. The van der Waals surface area contributed by atoms with Gasteiger partial charge in [-0.3, -0.25) is 4.79 Å². The zero-order chi connectivity index (χ0) is 12.6. The van der Waals surface area contributed by atoms with Crippen molar-refractivity contribution >= 4 is 5.91 Å². The summed E-state index contributed by atoms with van der Waals surface area (Å²) in [4.78, 5) is 11.7. The van der Waals surface area contributed by atoms with Crippen LogP contribution in [0.1, 0.15) is 33.6 Å². The van der Waals surface area contributed by atoms with Gasteiger partial charge >= 0.3 is 0 Å². The van der Waals surface area contributed by atoms with Crippen molar-refractivity contribution in [2.75, 3.05) is 6.61 Å². The van der Waals surface area contributed by atoms with Gasteiger partial charge in [0.25, 0.3) is 0 Å². The number of nitriles is 1. The van der Waals surface area contributed by atoms with E-state index in [1.54, 1.807) is 13.0 Å². The molecule has 0 rings (SSSR count). The summed E-state index contributed by atoms with van der Waals surface area (Å²) in [6, 6.07) is 2.15. The second-order valence-electron chi connectivity index (χ2n) is 3.65. The molecule has 1 unspecified atom stereocenters. The van der Waals surface area contributed by atoms with Crippen molar-refractivity contribution in [2.24, 2.45) is 0 Å². The molecule has 1 N–H and O–H groups in total. The molecule has 0 aliphatic rings. The predicted octanol–water partition coefficient (Wildman–Crippen LogP) is 1.78. The highest BCUT2D eigenvalue weighted by Gasteiger charge is 2.29. The number of ether oxygens (including phenoxy) is 1. The predicted molar refractivity (Wildman–Crippen MR) is 62.7 cm³/mol. The van der Waals surface area contributed by atoms with Crippen LogP contribution in [0.4, 0.5) is 0 Å². The van der Waals surface area contributed by atoms with Crippen LogP contribution in [0, 0.1) is 11.3 Å². The molecule has 0 aliphatic heterocycles. The molecular weight excluding hydrogens is 204 g/mol. The lowest BCUT2D eigenvalue weighted by molar-refractivity contribution is -0.132. The van der Waals surface area contributed by atoms with Crippen molar-refractivity contribution in [2.45, 2.75) is 45.3 Å². The van der Waals surface area contributed by atoms with Crippen LogP contribution in [0.25, 0.3) is 0 Å². The van der Waals surface area contributed by atoms with Crippen molar-refractivity contribution in [3.8, 4) is 6.07 Å². The van der Waals surface area contributed by atoms with Crippen LogP contribution in [0.3, 0.4) is 0 Å². The van der Waals surface area contributed by atoms with E-state index in [0.29, 0.717) is 19.4 Å². The van der Waals surface area contributed by atoms with Crippen LogP contribution in [0.5, 0.6) is 0 Å². The Bertz CT molecular complexity index is 277. The molecule has 0 radical (unpaired) electrons. The van der Waals surface area contributed by atoms with Crippen LogP contribution in [-0.4, -0.2) is 24.2 Å². The number of carbonyl (C=O) groups excluding carboxylic acids is 1. The highest BCUT2D eigenvalue weighted by molar-refractivity contribution is 5.81. The number of hydrogen-bond donors (Lipinski definition) is 1. The Hall–Kier alpha value is -1.34. The van der Waals surface area contributed by atoms with Crippen LogP contribution in [0.15, 0.2) is 12.7 Å². The molecule has 0 spiro atoms. The summed E-state index contributed by atoms with van der Waals surface area (Å²) in [5.74, 6) is -0.257. The molecule has 0 aromatic carbocycles. The maximum Gasteiger partial charge on any atom is 0.250 e. The average molecular weight is 224 g/mol. The van der Waals surface area contributed by atoms with Crippen molar-refractivity contribution < 1.29 is 9.53 Å². The standard InChI is InChI=1S/C12H20N2O2/c1-5-8-16-10(4)11(15)14-12(6-2,7-3)9-13/h5,10H,1,6-8H2,2-4H3,(H,14,15). The maximum atomic E-state index is 11.7. The Kier molecular flexibility index (Phi) is 6.43. The number of nitrogens with zero attached hydrogens (tertiary/aromatic N) is 1. The van der Waals surface area contributed by atoms with Gasteiger partial charge < -0.3 is 10.1 Å². The van der Waals surface area contributed by atoms with Gasteiger partial charge in [-0.25, -0.2) is 0 Å². The fourth-order valence-corrected chi connectivity index (χ4v) is 1.24. The smallest absolute Gasteiger partial charge is 0.250 e. The van der Waals surface area contributed by atoms with Gasteiger partial charge in [-0.05, 0) is 19.8 Å². The molecule has 0 bridgehead atoms. The van der Waals surface area contributed by atoms with Crippen molar-refractivity contribution in [1.82, 2.24) is 5.32 Å². The Balaban J connectivity index is 4.41. The van der Waals surface area contributed by atoms with Crippen LogP contribution >= 0.6 is 0 Å². The lowest BCUT2D eigenvalue weighted by Crippen LogP contribution is -2.50. The lowest BCUT2D eigenvalue weighted by atomic mass is 9.94. The van der Waals surface area contributed by atoms with E-state index in [-0.39, 0.29) is 5.91 Å². The number of rotatable bonds is 7. The van der Waals surface area contributed by atoms with Crippen molar-refractivity contribution in [1.29, 1.82) is 5.26 Å². The molecule has 4 nitrogen and oxygen atoms in total. The molecule has 0 saturated carbocycles. The molecule has 0 saturated heterocycles. The summed E-state index contributed by atoms with van der Waals surface area (Å²) in [7, 11) is 0. The average Bonchev–Trinajstić information content (AvgIpc) is 2.32. The van der Waals surface area contributed by atoms with Gasteiger partial charge in [-0.1, -0.05) is 19.9 Å². The molecule has 16 heavy (non-hydrogen) atoms. The van der Waals surface area contributed by atoms with Gasteiger partial charge in [0.05, 0.1) is 12.7 Å². The van der Waals surface area contributed by atoms with Crippen molar-refractivity contribution in [3.05, 3.63) is 12.7 Å². The highest BCUT2D eigenvalue weighted by atomic mass is 16.5. The first-order chi connectivity index (χ1) is 7.55. The Morgan fingerprint density at radius 3 is 2.56 bits per heavy atom. The van der Waals surface area contributed by atoms with Crippen molar-refractivity contribution in [3.63, 3.8) is 0 Å². The monoisotopic (exact) mass is 224 g/mol. The van der Waals surface area contributed by atoms with E-state index < -0.39 is 11.6 Å². The minimum absolute atomic E-state index is 0.257. The SMILES string of the molecule is C=CCOC(C)C(=O)NC(C#N)(CC)CC. The first-order valence-corrected chi connectivity index (χ1v) is 5.51. The second kappa shape index (κ2) is 7.02. The summed E-state index contributed by atoms with van der Waals surface area (Å²) >= 11 is 0. The molecule has 0 aliphatic carbocycles. The fourth-order valence-electron chi connectivity index (χ4n) is 1.24. The van der Waals surface area contributed by atoms with E-state index in [2.05, 4.69) is 18.0 Å². The third kappa shape index (κ3) is 4.03. The molecule has 0 aromatic heterocycles. The maximum absolute atomic E-state index is 11.7. The Morgan fingerprint density at radius 1 is 1.62 bits per heavy atom. The van der Waals surface area contributed by atoms with Crippen LogP contribution < -0.4 is 5.32 Å². The van der Waals surface area contributed by atoms with Gasteiger partial charge in [0, 0.05) is 0 Å². The molecular formula is C12H20N2O2. The van der Waals surface area contributed by atoms with Gasteiger partial charge in [-0.15, -0.1) is 6.58 Å². The van der Waals surface area contributed by atoms with E-state index in [1.807, 2.05) is 13.8 Å². The zero-order valence-electron chi connectivity index (χ0n) is 10.2. The zero-order valence-corrected chi connectivity index (χ0v) is 10.2. The number of hydrogen-bond acceptors (Lipinski definition) is 3. The number of nitrogens with one attached hydrogen (secondary N) is 1. The summed E-state index contributed by atoms with van der Waals surface area (Å²) in [6.07, 6.45) is 2.18. The van der Waals surface area contributed by atoms with Crippen LogP contribution in [-0.2, 0) is 9.53 Å². The fraction of sp³-hybridized carbons (Fsp3) is 0.667. The van der Waals surface area contributed by atoms with Gasteiger partial charge in [0.2, 0.25) is 5.91 Å². The summed E-state index contributed by atoms with van der Waals surface area (Å²) in [5.41, 5.74) is -0.775. The van der Waals surface area contributed by atoms with Gasteiger partial charge in [0.1, 0.15) is 11.6 Å². The Labute approximate surface area is 97.3 Å². The number of amides is 1. The molecule has 4 heteroatoms. The third-order valence-corrected chi connectivity index (χ3v) is 2.62. The molecule has 0 aromatic rings. The molecule has 1 amide bonds. The van der Waals surface area contributed by atoms with Gasteiger partial charge in [0.15, 0.2) is 0 Å².